The van der Waals surface area contributed by atoms with Crippen molar-refractivity contribution in [1.82, 2.24) is 15.1 Å². The van der Waals surface area contributed by atoms with Crippen LogP contribution >= 0.6 is 0 Å². The molecule has 0 saturated carbocycles. The van der Waals surface area contributed by atoms with Crippen LogP contribution in [0.5, 0.6) is 5.75 Å². The van der Waals surface area contributed by atoms with E-state index in [0.29, 0.717) is 11.8 Å². The number of benzene rings is 1. The van der Waals surface area contributed by atoms with Gasteiger partial charge in [0.2, 0.25) is 11.8 Å². The Balaban J connectivity index is 1.76. The Hall–Kier alpha value is -1.92. The van der Waals surface area contributed by atoms with Crippen molar-refractivity contribution in [2.75, 3.05) is 20.2 Å². The molecule has 1 aliphatic heterocycles. The molecular weight excluding hydrogens is 306 g/mol. The summed E-state index contributed by atoms with van der Waals surface area (Å²) in [5, 5.41) is 8.45. The van der Waals surface area contributed by atoms with Gasteiger partial charge in [-0.3, -0.25) is 4.90 Å². The molecule has 2 atom stereocenters. The molecule has 0 N–H and O–H groups in total. The van der Waals surface area contributed by atoms with E-state index in [2.05, 4.69) is 42.8 Å². The molecule has 1 fully saturated rings. The van der Waals surface area contributed by atoms with Crippen molar-refractivity contribution < 1.29 is 13.9 Å². The molecule has 1 saturated heterocycles. The van der Waals surface area contributed by atoms with Crippen LogP contribution in [0, 0.1) is 0 Å². The summed E-state index contributed by atoms with van der Waals surface area (Å²) < 4.78 is 17.1. The van der Waals surface area contributed by atoms with Gasteiger partial charge in [-0.25, -0.2) is 0 Å². The van der Waals surface area contributed by atoms with E-state index in [4.69, 9.17) is 13.9 Å². The van der Waals surface area contributed by atoms with Gasteiger partial charge in [0.05, 0.1) is 24.9 Å². The first kappa shape index (κ1) is 16.9. The van der Waals surface area contributed by atoms with Crippen LogP contribution in [0.15, 0.2) is 28.7 Å². The van der Waals surface area contributed by atoms with Gasteiger partial charge >= 0.3 is 0 Å². The van der Waals surface area contributed by atoms with Crippen LogP contribution in [-0.2, 0) is 4.74 Å². The third-order valence-corrected chi connectivity index (χ3v) is 4.28. The first-order valence-corrected chi connectivity index (χ1v) is 8.27. The van der Waals surface area contributed by atoms with Gasteiger partial charge in [-0.1, -0.05) is 0 Å². The van der Waals surface area contributed by atoms with Crippen LogP contribution in [0.3, 0.4) is 0 Å². The van der Waals surface area contributed by atoms with Crippen molar-refractivity contribution >= 4 is 0 Å². The van der Waals surface area contributed by atoms with E-state index in [1.165, 1.54) is 0 Å². The summed E-state index contributed by atoms with van der Waals surface area (Å²) in [5.41, 5.74) is 0.711. The first-order chi connectivity index (χ1) is 11.4. The molecule has 0 aliphatic carbocycles. The van der Waals surface area contributed by atoms with Crippen molar-refractivity contribution in [2.24, 2.45) is 0 Å². The molecule has 130 valence electrons. The lowest BCUT2D eigenvalue weighted by Crippen LogP contribution is -2.52. The van der Waals surface area contributed by atoms with E-state index in [-0.39, 0.29) is 17.7 Å². The lowest BCUT2D eigenvalue weighted by atomic mass is 10.0. The fraction of sp³-hybridized carbons (Fsp3) is 0.556. The summed E-state index contributed by atoms with van der Waals surface area (Å²) in [4.78, 5) is 2.33. The van der Waals surface area contributed by atoms with E-state index in [0.717, 1.165) is 24.4 Å². The van der Waals surface area contributed by atoms with E-state index in [1.807, 2.05) is 24.3 Å². The second-order valence-electron chi connectivity index (χ2n) is 6.97. The summed E-state index contributed by atoms with van der Waals surface area (Å²) in [5.74, 6) is 1.96. The number of ether oxygens (including phenoxy) is 2. The summed E-state index contributed by atoms with van der Waals surface area (Å²) >= 11 is 0. The highest BCUT2D eigenvalue weighted by atomic mass is 16.5. The number of hydrogen-bond donors (Lipinski definition) is 0. The van der Waals surface area contributed by atoms with Crippen molar-refractivity contribution in [2.45, 2.75) is 45.4 Å². The Kier molecular flexibility index (Phi) is 4.60. The molecule has 1 aliphatic rings. The highest BCUT2D eigenvalue weighted by Crippen LogP contribution is 2.30. The third-order valence-electron chi connectivity index (χ3n) is 4.28. The summed E-state index contributed by atoms with van der Waals surface area (Å²) in [6.07, 6.45) is 0.181. The van der Waals surface area contributed by atoms with E-state index in [9.17, 15) is 0 Å². The Labute approximate surface area is 142 Å². The van der Waals surface area contributed by atoms with Gasteiger partial charge in [0, 0.05) is 18.7 Å². The van der Waals surface area contributed by atoms with Gasteiger partial charge < -0.3 is 13.9 Å². The predicted molar refractivity (Wildman–Crippen MR) is 90.9 cm³/mol. The van der Waals surface area contributed by atoms with E-state index in [1.54, 1.807) is 7.11 Å². The molecule has 6 nitrogen and oxygen atoms in total. The van der Waals surface area contributed by atoms with Gasteiger partial charge in [-0.05, 0) is 52.0 Å². The molecule has 2 aromatic rings. The summed E-state index contributed by atoms with van der Waals surface area (Å²) in [6, 6.07) is 7.65. The average molecular weight is 331 g/mol. The maximum absolute atomic E-state index is 5.97. The molecule has 24 heavy (non-hydrogen) atoms. The van der Waals surface area contributed by atoms with E-state index >= 15 is 0 Å². The fourth-order valence-electron chi connectivity index (χ4n) is 3.21. The third kappa shape index (κ3) is 3.60. The number of hydrogen-bond acceptors (Lipinski definition) is 6. The normalized spacial score (nSPS) is 22.3. The number of morpholine rings is 1. The van der Waals surface area contributed by atoms with Gasteiger partial charge in [0.15, 0.2) is 0 Å². The minimum absolute atomic E-state index is 0.0510. The average Bonchev–Trinajstić information content (AvgIpc) is 3.02. The molecule has 0 amide bonds. The molecular formula is C18H25N3O3. The van der Waals surface area contributed by atoms with Crippen molar-refractivity contribution in [1.29, 1.82) is 0 Å². The Morgan fingerprint density at radius 2 is 1.96 bits per heavy atom. The zero-order valence-corrected chi connectivity index (χ0v) is 14.9. The second-order valence-corrected chi connectivity index (χ2v) is 6.97. The highest BCUT2D eigenvalue weighted by Gasteiger charge is 2.35. The van der Waals surface area contributed by atoms with Crippen LogP contribution < -0.4 is 4.74 Å². The maximum atomic E-state index is 5.97. The molecule has 6 heteroatoms. The minimum atomic E-state index is -0.176. The molecule has 0 radical (unpaired) electrons. The van der Waals surface area contributed by atoms with Gasteiger partial charge in [0.1, 0.15) is 5.75 Å². The lowest BCUT2D eigenvalue weighted by molar-refractivity contribution is -0.138. The standard InChI is InChI=1S/C18H25N3O3/c1-12-10-21(11-18(3,4)24-12)13(2)16-19-20-17(23-16)14-6-8-15(22-5)9-7-14/h6-9,12-13H,10-11H2,1-5H3/t12-,13-/m1/s1. The SMILES string of the molecule is COc1ccc(-c2nnc([C@@H](C)N3C[C@@H](C)OC(C)(C)C3)o2)cc1. The summed E-state index contributed by atoms with van der Waals surface area (Å²) in [6.45, 7) is 10.1. The first-order valence-electron chi connectivity index (χ1n) is 8.27. The molecule has 0 bridgehead atoms. The molecule has 0 unspecified atom stereocenters. The Morgan fingerprint density at radius 3 is 2.58 bits per heavy atom. The fourth-order valence-corrected chi connectivity index (χ4v) is 3.21. The number of methoxy groups -OCH3 is 1. The zero-order chi connectivity index (χ0) is 17.3. The van der Waals surface area contributed by atoms with Crippen LogP contribution in [0.1, 0.15) is 39.6 Å². The molecule has 0 spiro atoms. The summed E-state index contributed by atoms with van der Waals surface area (Å²) in [7, 11) is 1.65. The largest absolute Gasteiger partial charge is 0.497 e. The Bertz CT molecular complexity index is 681. The van der Waals surface area contributed by atoms with Crippen molar-refractivity contribution in [3.8, 4) is 17.2 Å². The monoisotopic (exact) mass is 331 g/mol. The Morgan fingerprint density at radius 1 is 1.25 bits per heavy atom. The number of aromatic nitrogens is 2. The maximum Gasteiger partial charge on any atom is 0.247 e. The smallest absolute Gasteiger partial charge is 0.247 e. The highest BCUT2D eigenvalue weighted by molar-refractivity contribution is 5.53. The van der Waals surface area contributed by atoms with Crippen LogP contribution in [0.2, 0.25) is 0 Å². The van der Waals surface area contributed by atoms with Crippen molar-refractivity contribution in [3.05, 3.63) is 30.2 Å². The lowest BCUT2D eigenvalue weighted by Gasteiger charge is -2.43. The molecule has 1 aromatic carbocycles. The van der Waals surface area contributed by atoms with Gasteiger partial charge in [-0.15, -0.1) is 10.2 Å². The molecule has 2 heterocycles. The van der Waals surface area contributed by atoms with Crippen LogP contribution in [0.25, 0.3) is 11.5 Å². The number of rotatable bonds is 4. The van der Waals surface area contributed by atoms with Crippen LogP contribution in [-0.4, -0.2) is 47.0 Å². The minimum Gasteiger partial charge on any atom is -0.497 e. The van der Waals surface area contributed by atoms with Crippen molar-refractivity contribution in [3.63, 3.8) is 0 Å². The molecule has 1 aromatic heterocycles. The van der Waals surface area contributed by atoms with Crippen LogP contribution in [0.4, 0.5) is 0 Å². The van der Waals surface area contributed by atoms with Gasteiger partial charge in [-0.2, -0.15) is 0 Å². The second kappa shape index (κ2) is 6.53. The molecule has 3 rings (SSSR count). The quantitative estimate of drug-likeness (QED) is 0.856. The van der Waals surface area contributed by atoms with Gasteiger partial charge in [0.25, 0.3) is 0 Å². The number of nitrogens with zero attached hydrogens (tertiary/aromatic N) is 3. The predicted octanol–water partition coefficient (Wildman–Crippen LogP) is 3.31. The zero-order valence-electron chi connectivity index (χ0n) is 14.9. The topological polar surface area (TPSA) is 60.6 Å². The van der Waals surface area contributed by atoms with E-state index < -0.39 is 0 Å².